The number of nitrogens with one attached hydrogen (secondary N) is 2. The maximum atomic E-state index is 5.76. The maximum absolute atomic E-state index is 5.76. The lowest BCUT2D eigenvalue weighted by atomic mass is 10.1. The molecule has 0 amide bonds. The number of nitrogens with zero attached hydrogens (tertiary/aromatic N) is 3. The molecule has 0 bridgehead atoms. The van der Waals surface area contributed by atoms with Gasteiger partial charge < -0.3 is 19.9 Å². The van der Waals surface area contributed by atoms with E-state index in [4.69, 9.17) is 9.26 Å². The molecular formula is C16H25N5O2. The van der Waals surface area contributed by atoms with Crippen LogP contribution in [-0.2, 0) is 11.3 Å². The molecule has 1 aromatic heterocycles. The summed E-state index contributed by atoms with van der Waals surface area (Å²) in [6.45, 7) is 2.10. The van der Waals surface area contributed by atoms with E-state index in [9.17, 15) is 0 Å². The molecule has 0 spiro atoms. The average molecular weight is 319 g/mol. The van der Waals surface area contributed by atoms with Crippen molar-refractivity contribution in [2.45, 2.75) is 69.6 Å². The fourth-order valence-electron chi connectivity index (χ4n) is 2.74. The van der Waals surface area contributed by atoms with Gasteiger partial charge in [-0.15, -0.1) is 0 Å². The van der Waals surface area contributed by atoms with Crippen LogP contribution in [0.3, 0.4) is 0 Å². The number of hydrogen-bond acceptors (Lipinski definition) is 5. The Hall–Kier alpha value is -1.63. The van der Waals surface area contributed by atoms with Crippen molar-refractivity contribution in [1.29, 1.82) is 0 Å². The SMILES string of the molecule is C1CC[C@H](CNC(=NCc2nc(C3CC3)no2)NC2CC2)OC1. The van der Waals surface area contributed by atoms with Crippen LogP contribution in [0.2, 0.25) is 0 Å². The molecule has 3 fully saturated rings. The van der Waals surface area contributed by atoms with E-state index in [1.807, 2.05) is 0 Å². The molecule has 2 N–H and O–H groups in total. The number of aromatic nitrogens is 2. The average Bonchev–Trinajstić information content (AvgIpc) is 3.52. The third-order valence-corrected chi connectivity index (χ3v) is 4.49. The second-order valence-electron chi connectivity index (χ2n) is 6.77. The van der Waals surface area contributed by atoms with Gasteiger partial charge in [0.15, 0.2) is 11.8 Å². The Morgan fingerprint density at radius 1 is 1.17 bits per heavy atom. The molecule has 1 saturated heterocycles. The number of aliphatic imine (C=N–C) groups is 1. The fraction of sp³-hybridized carbons (Fsp3) is 0.812. The van der Waals surface area contributed by atoms with Crippen molar-refractivity contribution in [1.82, 2.24) is 20.8 Å². The van der Waals surface area contributed by atoms with Gasteiger partial charge in [0.2, 0.25) is 5.89 Å². The third-order valence-electron chi connectivity index (χ3n) is 4.49. The maximum Gasteiger partial charge on any atom is 0.248 e. The number of guanidine groups is 1. The van der Waals surface area contributed by atoms with Crippen molar-refractivity contribution in [3.63, 3.8) is 0 Å². The summed E-state index contributed by atoms with van der Waals surface area (Å²) in [5, 5.41) is 10.9. The Labute approximate surface area is 136 Å². The lowest BCUT2D eigenvalue weighted by Gasteiger charge is -2.23. The molecule has 126 valence electrons. The minimum atomic E-state index is 0.292. The van der Waals surface area contributed by atoms with Gasteiger partial charge in [-0.05, 0) is 44.9 Å². The van der Waals surface area contributed by atoms with Gasteiger partial charge in [0.25, 0.3) is 0 Å². The normalized spacial score (nSPS) is 25.4. The Morgan fingerprint density at radius 2 is 2.09 bits per heavy atom. The molecular weight excluding hydrogens is 294 g/mol. The van der Waals surface area contributed by atoms with Crippen LogP contribution in [0.25, 0.3) is 0 Å². The summed E-state index contributed by atoms with van der Waals surface area (Å²) < 4.78 is 11.0. The molecule has 0 radical (unpaired) electrons. The van der Waals surface area contributed by atoms with E-state index in [0.29, 0.717) is 30.5 Å². The van der Waals surface area contributed by atoms with Gasteiger partial charge in [-0.2, -0.15) is 4.98 Å². The van der Waals surface area contributed by atoms with E-state index in [1.54, 1.807) is 0 Å². The molecule has 0 aromatic carbocycles. The molecule has 23 heavy (non-hydrogen) atoms. The van der Waals surface area contributed by atoms with Crippen LogP contribution >= 0.6 is 0 Å². The molecule has 1 aromatic rings. The summed E-state index contributed by atoms with van der Waals surface area (Å²) >= 11 is 0. The van der Waals surface area contributed by atoms with E-state index in [0.717, 1.165) is 31.4 Å². The Kier molecular flexibility index (Phi) is 4.46. The van der Waals surface area contributed by atoms with E-state index < -0.39 is 0 Å². The first-order chi connectivity index (χ1) is 11.4. The summed E-state index contributed by atoms with van der Waals surface area (Å²) in [7, 11) is 0. The molecule has 7 heteroatoms. The zero-order chi connectivity index (χ0) is 15.5. The van der Waals surface area contributed by atoms with Crippen LogP contribution in [0, 0.1) is 0 Å². The van der Waals surface area contributed by atoms with Crippen LogP contribution in [0.15, 0.2) is 9.52 Å². The van der Waals surface area contributed by atoms with Crippen molar-refractivity contribution in [2.24, 2.45) is 4.99 Å². The van der Waals surface area contributed by atoms with Crippen molar-refractivity contribution in [3.05, 3.63) is 11.7 Å². The van der Waals surface area contributed by atoms with Crippen molar-refractivity contribution in [3.8, 4) is 0 Å². The van der Waals surface area contributed by atoms with Crippen LogP contribution in [0.4, 0.5) is 0 Å². The van der Waals surface area contributed by atoms with Gasteiger partial charge in [-0.25, -0.2) is 4.99 Å². The predicted octanol–water partition coefficient (Wildman–Crippen LogP) is 1.71. The van der Waals surface area contributed by atoms with Crippen LogP contribution in [-0.4, -0.2) is 41.4 Å². The minimum Gasteiger partial charge on any atom is -0.376 e. The quantitative estimate of drug-likeness (QED) is 0.613. The third kappa shape index (κ3) is 4.43. The summed E-state index contributed by atoms with van der Waals surface area (Å²) in [4.78, 5) is 9.02. The van der Waals surface area contributed by atoms with Crippen LogP contribution in [0.1, 0.15) is 62.6 Å². The van der Waals surface area contributed by atoms with Crippen molar-refractivity contribution in [2.75, 3.05) is 13.2 Å². The highest BCUT2D eigenvalue weighted by molar-refractivity contribution is 5.80. The first kappa shape index (κ1) is 14.9. The van der Waals surface area contributed by atoms with Gasteiger partial charge >= 0.3 is 0 Å². The van der Waals surface area contributed by atoms with E-state index >= 15 is 0 Å². The lowest BCUT2D eigenvalue weighted by molar-refractivity contribution is 0.0194. The summed E-state index contributed by atoms with van der Waals surface area (Å²) in [5.74, 6) is 2.78. The molecule has 3 aliphatic rings. The molecule has 2 saturated carbocycles. The van der Waals surface area contributed by atoms with E-state index in [2.05, 4.69) is 25.8 Å². The zero-order valence-corrected chi connectivity index (χ0v) is 13.5. The molecule has 4 rings (SSSR count). The zero-order valence-electron chi connectivity index (χ0n) is 13.5. The highest BCUT2D eigenvalue weighted by Crippen LogP contribution is 2.38. The monoisotopic (exact) mass is 319 g/mol. The lowest BCUT2D eigenvalue weighted by Crippen LogP contribution is -2.43. The van der Waals surface area contributed by atoms with Crippen LogP contribution in [0.5, 0.6) is 0 Å². The first-order valence-corrected chi connectivity index (χ1v) is 8.86. The molecule has 7 nitrogen and oxygen atoms in total. The summed E-state index contributed by atoms with van der Waals surface area (Å²) in [5.41, 5.74) is 0. The second kappa shape index (κ2) is 6.86. The predicted molar refractivity (Wildman–Crippen MR) is 85.2 cm³/mol. The first-order valence-electron chi connectivity index (χ1n) is 8.86. The smallest absolute Gasteiger partial charge is 0.248 e. The molecule has 1 atom stereocenters. The van der Waals surface area contributed by atoms with Crippen LogP contribution < -0.4 is 10.6 Å². The minimum absolute atomic E-state index is 0.292. The molecule has 2 aliphatic carbocycles. The molecule has 0 unspecified atom stereocenters. The van der Waals surface area contributed by atoms with Crippen molar-refractivity contribution < 1.29 is 9.26 Å². The molecule has 2 heterocycles. The van der Waals surface area contributed by atoms with Crippen molar-refractivity contribution >= 4 is 5.96 Å². The number of rotatable bonds is 6. The second-order valence-corrected chi connectivity index (χ2v) is 6.77. The van der Waals surface area contributed by atoms with Gasteiger partial charge in [0.1, 0.15) is 6.54 Å². The Bertz CT molecular complexity index is 544. The van der Waals surface area contributed by atoms with E-state index in [-0.39, 0.29) is 0 Å². The van der Waals surface area contributed by atoms with Gasteiger partial charge in [0.05, 0.1) is 6.10 Å². The summed E-state index contributed by atoms with van der Waals surface area (Å²) in [6, 6.07) is 0.554. The Morgan fingerprint density at radius 3 is 2.83 bits per heavy atom. The highest BCUT2D eigenvalue weighted by Gasteiger charge is 2.28. The number of hydrogen-bond donors (Lipinski definition) is 2. The Balaban J connectivity index is 1.31. The topological polar surface area (TPSA) is 84.6 Å². The fourth-order valence-corrected chi connectivity index (χ4v) is 2.74. The van der Waals surface area contributed by atoms with Gasteiger partial charge in [-0.3, -0.25) is 0 Å². The number of ether oxygens (including phenoxy) is 1. The van der Waals surface area contributed by atoms with E-state index in [1.165, 1.54) is 38.5 Å². The highest BCUT2D eigenvalue weighted by atomic mass is 16.5. The largest absolute Gasteiger partial charge is 0.376 e. The molecule has 1 aliphatic heterocycles. The van der Waals surface area contributed by atoms with Gasteiger partial charge in [0, 0.05) is 25.1 Å². The van der Waals surface area contributed by atoms with Gasteiger partial charge in [-0.1, -0.05) is 5.16 Å². The summed E-state index contributed by atoms with van der Waals surface area (Å²) in [6.07, 6.45) is 8.64. The standard InChI is InChI=1S/C16H25N5O2/c1-2-8-22-13(3-1)9-17-16(19-12-6-7-12)18-10-14-20-15(21-23-14)11-4-5-11/h11-13H,1-10H2,(H2,17,18,19)/t13-/m1/s1.